The Balaban J connectivity index is 5.32. The van der Waals surface area contributed by atoms with Gasteiger partial charge >= 0.3 is 39.5 Å². The molecule has 0 aliphatic heterocycles. The van der Waals surface area contributed by atoms with Crippen molar-refractivity contribution in [1.29, 1.82) is 0 Å². The number of hydrogen-bond donors (Lipinski definition) is 3. The van der Waals surface area contributed by atoms with Crippen LogP contribution in [0.15, 0.2) is 48.6 Å². The highest BCUT2D eigenvalue weighted by Crippen LogP contribution is 2.45. The van der Waals surface area contributed by atoms with E-state index in [1.54, 1.807) is 0 Å². The van der Waals surface area contributed by atoms with Gasteiger partial charge in [-0.3, -0.25) is 37.3 Å². The highest BCUT2D eigenvalue weighted by molar-refractivity contribution is 7.47. The Labute approximate surface area is 597 Å². The fraction of sp³-hybridized carbons (Fsp3) is 0.848. The van der Waals surface area contributed by atoms with Crippen LogP contribution in [0.25, 0.3) is 0 Å². The van der Waals surface area contributed by atoms with Gasteiger partial charge in [0.15, 0.2) is 12.2 Å². The minimum atomic E-state index is -4.97. The molecule has 0 fully saturated rings. The van der Waals surface area contributed by atoms with Gasteiger partial charge in [-0.05, 0) is 64.2 Å². The summed E-state index contributed by atoms with van der Waals surface area (Å²) < 4.78 is 68.6. The molecule has 5 unspecified atom stereocenters. The van der Waals surface area contributed by atoms with Crippen LogP contribution in [-0.4, -0.2) is 96.7 Å². The summed E-state index contributed by atoms with van der Waals surface area (Å²) in [4.78, 5) is 72.9. The van der Waals surface area contributed by atoms with Gasteiger partial charge in [-0.25, -0.2) is 9.13 Å². The van der Waals surface area contributed by atoms with Crippen molar-refractivity contribution < 1.29 is 80.2 Å². The largest absolute Gasteiger partial charge is 0.472 e. The van der Waals surface area contributed by atoms with Gasteiger partial charge in [0.2, 0.25) is 0 Å². The predicted octanol–water partition coefficient (Wildman–Crippen LogP) is 22.9. The lowest BCUT2D eigenvalue weighted by molar-refractivity contribution is -0.161. The normalized spacial score (nSPS) is 14.2. The number of ether oxygens (including phenoxy) is 4. The molecule has 0 aliphatic rings. The van der Waals surface area contributed by atoms with E-state index in [9.17, 15) is 43.2 Å². The lowest BCUT2D eigenvalue weighted by Crippen LogP contribution is -2.30. The molecule has 0 aromatic carbocycles. The molecular weight excluding hydrogens is 1280 g/mol. The van der Waals surface area contributed by atoms with Gasteiger partial charge in [0.1, 0.15) is 19.3 Å². The second-order valence-electron chi connectivity index (χ2n) is 27.0. The first-order valence-electron chi connectivity index (χ1n) is 39.9. The molecule has 0 spiro atoms. The van der Waals surface area contributed by atoms with Crippen LogP contribution >= 0.6 is 15.6 Å². The van der Waals surface area contributed by atoms with Crippen LogP contribution in [0.3, 0.4) is 0 Å². The monoisotopic (exact) mass is 1430 g/mol. The summed E-state index contributed by atoms with van der Waals surface area (Å²) in [6.07, 6.45) is 69.5. The van der Waals surface area contributed by atoms with Crippen LogP contribution in [-0.2, 0) is 65.4 Å². The smallest absolute Gasteiger partial charge is 0.462 e. The lowest BCUT2D eigenvalue weighted by atomic mass is 10.0. The first-order chi connectivity index (χ1) is 47.7. The van der Waals surface area contributed by atoms with Crippen molar-refractivity contribution in [2.45, 2.75) is 393 Å². The minimum absolute atomic E-state index is 0.0931. The van der Waals surface area contributed by atoms with Gasteiger partial charge in [-0.1, -0.05) is 333 Å². The Hall–Kier alpha value is -2.98. The maximum atomic E-state index is 13.1. The molecule has 0 heterocycles. The van der Waals surface area contributed by atoms with Crippen molar-refractivity contribution in [2.24, 2.45) is 0 Å². The zero-order valence-electron chi connectivity index (χ0n) is 62.7. The molecule has 3 N–H and O–H groups in total. The van der Waals surface area contributed by atoms with E-state index in [4.69, 9.17) is 37.0 Å². The molecule has 0 saturated carbocycles. The Morgan fingerprint density at radius 1 is 0.296 bits per heavy atom. The third-order valence-electron chi connectivity index (χ3n) is 17.3. The van der Waals surface area contributed by atoms with Crippen LogP contribution in [0.4, 0.5) is 0 Å². The highest BCUT2D eigenvalue weighted by Gasteiger charge is 2.30. The van der Waals surface area contributed by atoms with Crippen molar-refractivity contribution in [2.75, 3.05) is 39.6 Å². The molecule has 5 atom stereocenters. The van der Waals surface area contributed by atoms with Crippen LogP contribution in [0.5, 0.6) is 0 Å². The Kier molecular flexibility index (Phi) is 70.2. The van der Waals surface area contributed by atoms with E-state index in [0.29, 0.717) is 25.7 Å². The number of phosphoric ester groups is 2. The SMILES string of the molecule is CC/C=C\C/C=C\C/C=C\C/C=C\CCCCC(=O)OCC(COP(=O)(O)OCC(O)COP(=O)(O)OCC(COC(=O)CCCCCCCCCCCCCCCCC)OC(=O)CCCCCCCCCCCCCCCCC)OC(=O)CCCCCCCCCCCCCCC. The second kappa shape index (κ2) is 72.4. The van der Waals surface area contributed by atoms with Gasteiger partial charge < -0.3 is 33.8 Å². The van der Waals surface area contributed by atoms with E-state index in [0.717, 1.165) is 109 Å². The molecule has 19 heteroatoms. The molecule has 0 bridgehead atoms. The van der Waals surface area contributed by atoms with Gasteiger partial charge in [-0.15, -0.1) is 0 Å². The van der Waals surface area contributed by atoms with Crippen molar-refractivity contribution in [3.8, 4) is 0 Å². The van der Waals surface area contributed by atoms with Crippen molar-refractivity contribution >= 4 is 39.5 Å². The summed E-state index contributed by atoms with van der Waals surface area (Å²) >= 11 is 0. The number of allylic oxidation sites excluding steroid dienone is 8. The quantitative estimate of drug-likeness (QED) is 0.0169. The standard InChI is InChI=1S/C79H146O17P2/c1-5-9-13-17-21-25-29-33-36-40-43-47-51-55-59-63-76(81)89-69-74(95-78(83)65-61-57-53-49-45-39-32-28-24-20-16-12-8-4)71-93-97(85,86)91-67-73(80)68-92-98(87,88)94-72-75(96-79(84)66-62-58-54-50-46-42-38-35-31-27-23-19-15-11-7-3)70-90-77(82)64-60-56-52-48-44-41-37-34-30-26-22-18-14-10-6-2/h9,13,21,25,33,36,43,47,73-75,80H,5-8,10-12,14-20,22-24,26-32,34-35,37-42,44-46,48-72H2,1-4H3,(H,85,86)(H,87,88)/b13-9-,25-21-,36-33-,47-43-. The van der Waals surface area contributed by atoms with Gasteiger partial charge in [0, 0.05) is 25.7 Å². The van der Waals surface area contributed by atoms with Crippen LogP contribution in [0.1, 0.15) is 374 Å². The Morgan fingerprint density at radius 3 is 0.816 bits per heavy atom. The van der Waals surface area contributed by atoms with E-state index in [1.165, 1.54) is 186 Å². The molecule has 17 nitrogen and oxygen atoms in total. The topological polar surface area (TPSA) is 237 Å². The third kappa shape index (κ3) is 71.4. The number of unbranched alkanes of at least 4 members (excludes halogenated alkanes) is 42. The molecule has 0 saturated heterocycles. The summed E-state index contributed by atoms with van der Waals surface area (Å²) in [5.41, 5.74) is 0. The van der Waals surface area contributed by atoms with Crippen molar-refractivity contribution in [1.82, 2.24) is 0 Å². The third-order valence-corrected chi connectivity index (χ3v) is 19.2. The van der Waals surface area contributed by atoms with E-state index in [1.807, 2.05) is 0 Å². The molecular formula is C79H146O17P2. The zero-order chi connectivity index (χ0) is 71.8. The maximum Gasteiger partial charge on any atom is 0.472 e. The van der Waals surface area contributed by atoms with Crippen LogP contribution in [0, 0.1) is 0 Å². The average Bonchev–Trinajstić information content (AvgIpc) is 0.959. The molecule has 0 aliphatic carbocycles. The summed E-state index contributed by atoms with van der Waals surface area (Å²) in [5, 5.41) is 10.6. The molecule has 0 aromatic heterocycles. The molecule has 98 heavy (non-hydrogen) atoms. The summed E-state index contributed by atoms with van der Waals surface area (Å²) in [5.74, 6) is -2.18. The van der Waals surface area contributed by atoms with Gasteiger partial charge in [0.25, 0.3) is 0 Å². The maximum absolute atomic E-state index is 13.1. The summed E-state index contributed by atoms with van der Waals surface area (Å²) in [6, 6.07) is 0. The van der Waals surface area contributed by atoms with Gasteiger partial charge in [0.05, 0.1) is 26.4 Å². The Morgan fingerprint density at radius 2 is 0.531 bits per heavy atom. The number of carbonyl (C=O) groups excluding carboxylic acids is 4. The van der Waals surface area contributed by atoms with Crippen LogP contribution in [0.2, 0.25) is 0 Å². The number of hydrogen-bond acceptors (Lipinski definition) is 15. The molecule has 0 aromatic rings. The number of aliphatic hydroxyl groups excluding tert-OH is 1. The van der Waals surface area contributed by atoms with E-state index >= 15 is 0 Å². The summed E-state index contributed by atoms with van der Waals surface area (Å²) in [6.45, 7) is 4.81. The molecule has 0 rings (SSSR count). The zero-order valence-corrected chi connectivity index (χ0v) is 64.5. The number of esters is 4. The van der Waals surface area contributed by atoms with Gasteiger partial charge in [-0.2, -0.15) is 0 Å². The highest BCUT2D eigenvalue weighted by atomic mass is 31.2. The summed E-state index contributed by atoms with van der Waals surface area (Å²) in [7, 11) is -9.94. The first kappa shape index (κ1) is 95.0. The number of carbonyl (C=O) groups is 4. The second-order valence-corrected chi connectivity index (χ2v) is 29.9. The first-order valence-corrected chi connectivity index (χ1v) is 42.9. The molecule has 0 radical (unpaired) electrons. The molecule has 574 valence electrons. The number of rotatable bonds is 76. The van der Waals surface area contributed by atoms with Crippen LogP contribution < -0.4 is 0 Å². The van der Waals surface area contributed by atoms with Crippen molar-refractivity contribution in [3.63, 3.8) is 0 Å². The van der Waals surface area contributed by atoms with E-state index in [2.05, 4.69) is 76.3 Å². The lowest BCUT2D eigenvalue weighted by Gasteiger charge is -2.21. The fourth-order valence-corrected chi connectivity index (χ4v) is 12.9. The Bertz CT molecular complexity index is 2050. The predicted molar refractivity (Wildman–Crippen MR) is 400 cm³/mol. The number of phosphoric acid groups is 2. The van der Waals surface area contributed by atoms with E-state index in [-0.39, 0.29) is 25.7 Å². The number of aliphatic hydroxyl groups is 1. The average molecular weight is 1430 g/mol. The van der Waals surface area contributed by atoms with E-state index < -0.39 is 97.5 Å². The minimum Gasteiger partial charge on any atom is -0.462 e. The van der Waals surface area contributed by atoms with Crippen molar-refractivity contribution in [3.05, 3.63) is 48.6 Å². The molecule has 0 amide bonds. The fourth-order valence-electron chi connectivity index (χ4n) is 11.3.